The normalized spacial score (nSPS) is 35.8. The molecule has 2 fully saturated rings. The van der Waals surface area contributed by atoms with Gasteiger partial charge in [0.1, 0.15) is 5.47 Å². The molecule has 0 radical (unpaired) electrons. The number of rotatable bonds is 2. The second-order valence-corrected chi connectivity index (χ2v) is 14.2. The molecule has 2 aliphatic rings. The smallest absolute Gasteiger partial charge is 0.150 e. The predicted molar refractivity (Wildman–Crippen MR) is 111 cm³/mol. The third-order valence-corrected chi connectivity index (χ3v) is 12.4. The molecule has 4 heteroatoms. The maximum atomic E-state index is 6.72. The van der Waals surface area contributed by atoms with E-state index in [-0.39, 0.29) is 5.60 Å². The summed E-state index contributed by atoms with van der Waals surface area (Å²) in [6.45, 7) is 8.62. The minimum Gasteiger partial charge on any atom is -0.330 e. The van der Waals surface area contributed by atoms with Gasteiger partial charge >= 0.3 is 0 Å². The summed E-state index contributed by atoms with van der Waals surface area (Å²) in [5.41, 5.74) is -0.847. The second-order valence-electron chi connectivity index (χ2n) is 7.31. The van der Waals surface area contributed by atoms with E-state index >= 15 is 0 Å². The fraction of sp³-hybridized carbons (Fsp3) is 0.400. The minimum absolute atomic E-state index is 0.0803. The molecule has 4 rings (SSSR count). The minimum atomic E-state index is -2.08. The first kappa shape index (κ1) is 16.8. The molecule has 0 N–H and O–H groups in total. The Bertz CT molecular complexity index is 856. The van der Waals surface area contributed by atoms with Crippen LogP contribution in [-0.4, -0.2) is 10.9 Å². The third-order valence-electron chi connectivity index (χ3n) is 5.52. The highest BCUT2D eigenvalue weighted by molar-refractivity contribution is 8.72. The molecule has 0 amide bonds. The van der Waals surface area contributed by atoms with Crippen LogP contribution < -0.4 is 5.30 Å². The van der Waals surface area contributed by atoms with E-state index in [2.05, 4.69) is 62.9 Å². The lowest BCUT2D eigenvalue weighted by molar-refractivity contribution is 0.0685. The molecule has 0 aromatic heterocycles. The van der Waals surface area contributed by atoms with Crippen LogP contribution in [0.3, 0.4) is 0 Å². The highest BCUT2D eigenvalue weighted by atomic mass is 32.9. The Morgan fingerprint density at radius 2 is 2.04 bits per heavy atom. The molecule has 1 saturated carbocycles. The van der Waals surface area contributed by atoms with Crippen molar-refractivity contribution in [1.29, 1.82) is 0 Å². The lowest BCUT2D eigenvalue weighted by atomic mass is 9.77. The largest absolute Gasteiger partial charge is 0.330 e. The van der Waals surface area contributed by atoms with Crippen molar-refractivity contribution in [2.45, 2.75) is 44.0 Å². The van der Waals surface area contributed by atoms with E-state index in [1.807, 2.05) is 11.4 Å². The summed E-state index contributed by atoms with van der Waals surface area (Å²) < 4.78 is 6.72. The Morgan fingerprint density at radius 3 is 2.83 bits per heavy atom. The zero-order valence-corrected chi connectivity index (χ0v) is 16.7. The van der Waals surface area contributed by atoms with Gasteiger partial charge in [0, 0.05) is 10.6 Å². The quantitative estimate of drug-likeness (QED) is 0.468. The van der Waals surface area contributed by atoms with Crippen LogP contribution in [0, 0.1) is 5.92 Å². The highest BCUT2D eigenvalue weighted by Crippen LogP contribution is 2.73. The molecule has 2 aromatic carbocycles. The number of hydrogen-bond acceptors (Lipinski definition) is 3. The fourth-order valence-corrected chi connectivity index (χ4v) is 12.2. The lowest BCUT2D eigenvalue weighted by Crippen LogP contribution is -2.40. The monoisotopic (exact) mass is 374 g/mol. The first-order valence-corrected chi connectivity index (χ1v) is 12.7. The maximum Gasteiger partial charge on any atom is 0.150 e. The molecule has 2 aromatic rings. The van der Waals surface area contributed by atoms with Gasteiger partial charge in [0.15, 0.2) is 0 Å². The molecule has 1 saturated heterocycles. The number of fused-ring (bicyclic) bond motifs is 2. The van der Waals surface area contributed by atoms with Crippen LogP contribution in [0.5, 0.6) is 0 Å². The van der Waals surface area contributed by atoms with Gasteiger partial charge in [0.05, 0.1) is 5.60 Å². The highest BCUT2D eigenvalue weighted by Gasteiger charge is 2.52. The standard InChI is InChI=1S/C20H23OPS2/c1-14(2)16-11-12-20(3)19(13-16)24-22(23,21-20)18-10-6-8-15-7-4-5-9-17(15)18/h4-10,16,19H,1,11-13H2,2-3H3/t16-,19+,20+,22+/m1/s1. The van der Waals surface area contributed by atoms with Gasteiger partial charge in [0.25, 0.3) is 0 Å². The summed E-state index contributed by atoms with van der Waals surface area (Å²) in [5.74, 6) is 0.619. The number of benzene rings is 2. The molecule has 0 spiro atoms. The van der Waals surface area contributed by atoms with Crippen molar-refractivity contribution in [3.63, 3.8) is 0 Å². The molecule has 4 atom stereocenters. The first-order valence-electron chi connectivity index (χ1n) is 8.54. The third kappa shape index (κ3) is 2.70. The lowest BCUT2D eigenvalue weighted by Gasteiger charge is -2.38. The van der Waals surface area contributed by atoms with Crippen molar-refractivity contribution < 1.29 is 4.52 Å². The Balaban J connectivity index is 1.74. The molecule has 1 aliphatic heterocycles. The Labute approximate surface area is 153 Å². The van der Waals surface area contributed by atoms with Crippen LogP contribution in [0.2, 0.25) is 0 Å². The molecule has 24 heavy (non-hydrogen) atoms. The van der Waals surface area contributed by atoms with Crippen LogP contribution in [0.1, 0.15) is 33.1 Å². The van der Waals surface area contributed by atoms with Crippen LogP contribution in [0.15, 0.2) is 54.6 Å². The van der Waals surface area contributed by atoms with E-state index in [0.717, 1.165) is 12.8 Å². The molecular formula is C20H23OPS2. The zero-order chi connectivity index (χ0) is 16.9. The van der Waals surface area contributed by atoms with Gasteiger partial charge in [-0.2, -0.15) is 0 Å². The Kier molecular flexibility index (Phi) is 4.20. The molecular weight excluding hydrogens is 351 g/mol. The average Bonchev–Trinajstić information content (AvgIpc) is 2.84. The number of hydrogen-bond donors (Lipinski definition) is 0. The molecule has 1 nitrogen and oxygen atoms in total. The van der Waals surface area contributed by atoms with Gasteiger partial charge in [-0.3, -0.25) is 0 Å². The predicted octanol–water partition coefficient (Wildman–Crippen LogP) is 6.04. The molecule has 126 valence electrons. The maximum absolute atomic E-state index is 6.72. The summed E-state index contributed by atoms with van der Waals surface area (Å²) in [4.78, 5) is 0. The summed E-state index contributed by atoms with van der Waals surface area (Å²) in [6, 6.07) is 15.0. The molecule has 1 aliphatic carbocycles. The first-order chi connectivity index (χ1) is 11.4. The summed E-state index contributed by atoms with van der Waals surface area (Å²) in [5, 5.41) is 4.23. The van der Waals surface area contributed by atoms with E-state index in [9.17, 15) is 0 Å². The van der Waals surface area contributed by atoms with Gasteiger partial charge in [-0.05, 0) is 49.8 Å². The van der Waals surface area contributed by atoms with Crippen LogP contribution in [0.4, 0.5) is 0 Å². The van der Waals surface area contributed by atoms with Crippen molar-refractivity contribution in [3.8, 4) is 0 Å². The van der Waals surface area contributed by atoms with E-state index in [1.165, 1.54) is 28.1 Å². The van der Waals surface area contributed by atoms with E-state index in [4.69, 9.17) is 16.3 Å². The van der Waals surface area contributed by atoms with Crippen molar-refractivity contribution >= 4 is 44.7 Å². The molecule has 0 unspecified atom stereocenters. The summed E-state index contributed by atoms with van der Waals surface area (Å²) in [7, 11) is 0. The summed E-state index contributed by atoms with van der Waals surface area (Å²) in [6.07, 6.45) is 3.42. The topological polar surface area (TPSA) is 9.23 Å². The van der Waals surface area contributed by atoms with Crippen molar-refractivity contribution in [1.82, 2.24) is 0 Å². The Hall–Kier alpha value is -0.600. The van der Waals surface area contributed by atoms with Crippen molar-refractivity contribution in [3.05, 3.63) is 54.6 Å². The van der Waals surface area contributed by atoms with E-state index in [1.54, 1.807) is 0 Å². The van der Waals surface area contributed by atoms with Gasteiger partial charge in [-0.15, -0.1) is 0 Å². The Morgan fingerprint density at radius 1 is 1.29 bits per heavy atom. The van der Waals surface area contributed by atoms with Crippen molar-refractivity contribution in [2.75, 3.05) is 0 Å². The van der Waals surface area contributed by atoms with Gasteiger partial charge in [0.2, 0.25) is 0 Å². The van der Waals surface area contributed by atoms with Crippen LogP contribution >= 0.6 is 16.8 Å². The molecule has 1 heterocycles. The van der Waals surface area contributed by atoms with Gasteiger partial charge in [-0.25, -0.2) is 0 Å². The van der Waals surface area contributed by atoms with Gasteiger partial charge < -0.3 is 4.52 Å². The second kappa shape index (κ2) is 5.99. The van der Waals surface area contributed by atoms with Crippen LogP contribution in [-0.2, 0) is 16.3 Å². The number of allylic oxidation sites excluding steroid dienone is 1. The average molecular weight is 375 g/mol. The SMILES string of the molecule is C=C(C)[C@@H]1CC[C@]2(C)O[P@](=S)(c3cccc4ccccc34)S[C@H]2C1. The summed E-state index contributed by atoms with van der Waals surface area (Å²) >= 11 is 8.13. The van der Waals surface area contributed by atoms with Crippen LogP contribution in [0.25, 0.3) is 10.8 Å². The van der Waals surface area contributed by atoms with Gasteiger partial charge in [-0.1, -0.05) is 77.8 Å². The zero-order valence-electron chi connectivity index (χ0n) is 14.2. The van der Waals surface area contributed by atoms with Crippen molar-refractivity contribution in [2.24, 2.45) is 5.92 Å². The van der Waals surface area contributed by atoms with E-state index in [0.29, 0.717) is 11.2 Å². The fourth-order valence-electron chi connectivity index (χ4n) is 3.97. The molecule has 0 bridgehead atoms. The van der Waals surface area contributed by atoms with E-state index < -0.39 is 5.47 Å².